The summed E-state index contributed by atoms with van der Waals surface area (Å²) in [6, 6.07) is 9.01. The van der Waals surface area contributed by atoms with E-state index >= 15 is 0 Å². The molecule has 2 aromatic carbocycles. The minimum absolute atomic E-state index is 0.0847. The number of rotatable bonds is 4. The molecule has 0 atom stereocenters. The highest BCUT2D eigenvalue weighted by molar-refractivity contribution is 9.10. The molecule has 2 aromatic rings. The van der Waals surface area contributed by atoms with Crippen molar-refractivity contribution < 1.29 is 15.1 Å². The summed E-state index contributed by atoms with van der Waals surface area (Å²) in [5, 5.41) is 32.9. The minimum atomic E-state index is -0.581. The van der Waals surface area contributed by atoms with Gasteiger partial charge in [0.2, 0.25) is 0 Å². The summed E-state index contributed by atoms with van der Waals surface area (Å²) in [6.45, 7) is 0.219. The van der Waals surface area contributed by atoms with E-state index in [1.807, 2.05) is 0 Å². The van der Waals surface area contributed by atoms with Gasteiger partial charge in [0.05, 0.1) is 15.5 Å². The van der Waals surface area contributed by atoms with E-state index < -0.39 is 4.92 Å². The number of aromatic hydroxyl groups is 2. The van der Waals surface area contributed by atoms with Gasteiger partial charge in [-0.1, -0.05) is 12.1 Å². The Morgan fingerprint density at radius 3 is 2.70 bits per heavy atom. The van der Waals surface area contributed by atoms with E-state index in [9.17, 15) is 20.3 Å². The van der Waals surface area contributed by atoms with Crippen molar-refractivity contribution in [1.82, 2.24) is 0 Å². The molecule has 0 amide bonds. The van der Waals surface area contributed by atoms with Crippen molar-refractivity contribution in [2.24, 2.45) is 0 Å². The molecule has 2 rings (SSSR count). The van der Waals surface area contributed by atoms with Gasteiger partial charge in [-0.05, 0) is 34.1 Å². The van der Waals surface area contributed by atoms with Gasteiger partial charge in [0.1, 0.15) is 17.2 Å². The van der Waals surface area contributed by atoms with Gasteiger partial charge in [-0.2, -0.15) is 0 Å². The van der Waals surface area contributed by atoms with Crippen LogP contribution in [0.25, 0.3) is 0 Å². The quantitative estimate of drug-likeness (QED) is 0.451. The Morgan fingerprint density at radius 1 is 1.25 bits per heavy atom. The lowest BCUT2D eigenvalue weighted by Gasteiger charge is -2.09. The summed E-state index contributed by atoms with van der Waals surface area (Å²) < 4.78 is 0.553. The standard InChI is InChI=1S/C13H11BrN2O4/c14-10-3-1-2-8(13(10)18)7-15-11-5-4-9(17)6-12(11)16(19)20/h1-6,15,17-18H,7H2. The van der Waals surface area contributed by atoms with Crippen LogP contribution in [0.2, 0.25) is 0 Å². The van der Waals surface area contributed by atoms with Gasteiger partial charge in [-0.15, -0.1) is 0 Å². The zero-order chi connectivity index (χ0) is 14.7. The van der Waals surface area contributed by atoms with Crippen LogP contribution >= 0.6 is 15.9 Å². The zero-order valence-corrected chi connectivity index (χ0v) is 11.8. The largest absolute Gasteiger partial charge is 0.508 e. The van der Waals surface area contributed by atoms with Gasteiger partial charge < -0.3 is 15.5 Å². The molecule has 0 bridgehead atoms. The molecule has 20 heavy (non-hydrogen) atoms. The predicted octanol–water partition coefficient (Wildman–Crippen LogP) is 3.38. The van der Waals surface area contributed by atoms with Crippen LogP contribution in [-0.2, 0) is 6.54 Å². The van der Waals surface area contributed by atoms with Crippen LogP contribution in [0.5, 0.6) is 11.5 Å². The predicted molar refractivity (Wildman–Crippen MR) is 77.9 cm³/mol. The van der Waals surface area contributed by atoms with Crippen molar-refractivity contribution in [3.63, 3.8) is 0 Å². The second-order valence-electron chi connectivity index (χ2n) is 4.06. The van der Waals surface area contributed by atoms with E-state index in [2.05, 4.69) is 21.2 Å². The summed E-state index contributed by atoms with van der Waals surface area (Å²) in [4.78, 5) is 10.3. The molecule has 3 N–H and O–H groups in total. The highest BCUT2D eigenvalue weighted by Gasteiger charge is 2.15. The van der Waals surface area contributed by atoms with Crippen molar-refractivity contribution in [3.8, 4) is 11.5 Å². The first-order valence-electron chi connectivity index (χ1n) is 5.66. The van der Waals surface area contributed by atoms with Crippen LogP contribution < -0.4 is 5.32 Å². The van der Waals surface area contributed by atoms with Crippen LogP contribution in [0.4, 0.5) is 11.4 Å². The lowest BCUT2D eigenvalue weighted by atomic mass is 10.2. The SMILES string of the molecule is O=[N+]([O-])c1cc(O)ccc1NCc1cccc(Br)c1O. The molecular weight excluding hydrogens is 328 g/mol. The average Bonchev–Trinajstić information content (AvgIpc) is 2.41. The van der Waals surface area contributed by atoms with Crippen LogP contribution in [-0.4, -0.2) is 15.1 Å². The Hall–Kier alpha value is -2.28. The summed E-state index contributed by atoms with van der Waals surface area (Å²) in [7, 11) is 0. The zero-order valence-electron chi connectivity index (χ0n) is 10.2. The number of nitro benzene ring substituents is 1. The number of phenols is 2. The van der Waals surface area contributed by atoms with E-state index in [-0.39, 0.29) is 29.4 Å². The Balaban J connectivity index is 2.23. The molecule has 0 saturated heterocycles. The van der Waals surface area contributed by atoms with Gasteiger partial charge in [-0.3, -0.25) is 10.1 Å². The molecule has 7 heteroatoms. The number of hydrogen-bond acceptors (Lipinski definition) is 5. The van der Waals surface area contributed by atoms with E-state index in [4.69, 9.17) is 0 Å². The van der Waals surface area contributed by atoms with E-state index in [1.54, 1.807) is 18.2 Å². The maximum atomic E-state index is 10.9. The fourth-order valence-corrected chi connectivity index (χ4v) is 2.12. The average molecular weight is 339 g/mol. The second-order valence-corrected chi connectivity index (χ2v) is 4.91. The molecule has 0 unspecified atom stereocenters. The number of nitrogens with zero attached hydrogens (tertiary/aromatic N) is 1. The first kappa shape index (κ1) is 14.1. The van der Waals surface area contributed by atoms with Crippen molar-refractivity contribution in [1.29, 1.82) is 0 Å². The summed E-state index contributed by atoms with van der Waals surface area (Å²) in [5.41, 5.74) is 0.647. The number of anilines is 1. The molecule has 0 saturated carbocycles. The third kappa shape index (κ3) is 3.00. The molecule has 0 radical (unpaired) electrons. The summed E-state index contributed by atoms with van der Waals surface area (Å²) >= 11 is 3.20. The van der Waals surface area contributed by atoms with Gasteiger partial charge in [0, 0.05) is 12.1 Å². The lowest BCUT2D eigenvalue weighted by Crippen LogP contribution is -2.02. The molecule has 0 spiro atoms. The highest BCUT2D eigenvalue weighted by atomic mass is 79.9. The van der Waals surface area contributed by atoms with Gasteiger partial charge in [0.15, 0.2) is 0 Å². The van der Waals surface area contributed by atoms with Crippen molar-refractivity contribution in [2.45, 2.75) is 6.54 Å². The van der Waals surface area contributed by atoms with Crippen molar-refractivity contribution in [3.05, 3.63) is 56.5 Å². The van der Waals surface area contributed by atoms with Gasteiger partial charge in [-0.25, -0.2) is 0 Å². The third-order valence-corrected chi connectivity index (χ3v) is 3.36. The maximum Gasteiger partial charge on any atom is 0.296 e. The van der Waals surface area contributed by atoms with E-state index in [1.165, 1.54) is 12.1 Å². The number of para-hydroxylation sites is 1. The van der Waals surface area contributed by atoms with Crippen LogP contribution in [0, 0.1) is 10.1 Å². The van der Waals surface area contributed by atoms with E-state index in [0.717, 1.165) is 6.07 Å². The Labute approximate surface area is 123 Å². The number of benzene rings is 2. The topological polar surface area (TPSA) is 95.6 Å². The number of phenolic OH excluding ortho intramolecular Hbond substituents is 2. The van der Waals surface area contributed by atoms with Gasteiger partial charge in [0.25, 0.3) is 5.69 Å². The molecule has 0 aliphatic heterocycles. The van der Waals surface area contributed by atoms with Crippen LogP contribution in [0.1, 0.15) is 5.56 Å². The summed E-state index contributed by atoms with van der Waals surface area (Å²) in [5.74, 6) is -0.0889. The molecule has 0 aliphatic carbocycles. The maximum absolute atomic E-state index is 10.9. The second kappa shape index (κ2) is 5.79. The summed E-state index contributed by atoms with van der Waals surface area (Å²) in [6.07, 6.45) is 0. The van der Waals surface area contributed by atoms with E-state index in [0.29, 0.717) is 10.0 Å². The molecule has 0 fully saturated rings. The molecule has 0 aromatic heterocycles. The van der Waals surface area contributed by atoms with Gasteiger partial charge >= 0.3 is 0 Å². The lowest BCUT2D eigenvalue weighted by molar-refractivity contribution is -0.384. The first-order valence-corrected chi connectivity index (χ1v) is 6.46. The third-order valence-electron chi connectivity index (χ3n) is 2.72. The fraction of sp³-hybridized carbons (Fsp3) is 0.0769. The minimum Gasteiger partial charge on any atom is -0.508 e. The molecule has 0 aliphatic rings. The number of halogens is 1. The number of hydrogen-bond donors (Lipinski definition) is 3. The molecule has 104 valence electrons. The van der Waals surface area contributed by atoms with Crippen LogP contribution in [0.3, 0.4) is 0 Å². The normalized spacial score (nSPS) is 10.2. The molecular formula is C13H11BrN2O4. The first-order chi connectivity index (χ1) is 9.49. The Morgan fingerprint density at radius 2 is 2.00 bits per heavy atom. The Kier molecular flexibility index (Phi) is 4.09. The monoisotopic (exact) mass is 338 g/mol. The van der Waals surface area contributed by atoms with Crippen molar-refractivity contribution >= 4 is 27.3 Å². The Bertz CT molecular complexity index is 661. The van der Waals surface area contributed by atoms with Crippen LogP contribution in [0.15, 0.2) is 40.9 Å². The fourth-order valence-electron chi connectivity index (χ4n) is 1.71. The number of nitro groups is 1. The van der Waals surface area contributed by atoms with Crippen molar-refractivity contribution in [2.75, 3.05) is 5.32 Å². The highest BCUT2D eigenvalue weighted by Crippen LogP contribution is 2.31. The molecule has 0 heterocycles. The smallest absolute Gasteiger partial charge is 0.296 e. The molecule has 6 nitrogen and oxygen atoms in total. The number of nitrogens with one attached hydrogen (secondary N) is 1.